The van der Waals surface area contributed by atoms with Crippen molar-refractivity contribution in [2.45, 2.75) is 90.1 Å². The summed E-state index contributed by atoms with van der Waals surface area (Å²) in [6.07, 6.45) is 18.3. The molecule has 0 spiro atoms. The van der Waals surface area contributed by atoms with Crippen LogP contribution in [-0.4, -0.2) is 30.1 Å². The topological polar surface area (TPSA) is 63.6 Å². The normalized spacial score (nSPS) is 20.9. The van der Waals surface area contributed by atoms with E-state index < -0.39 is 0 Å². The van der Waals surface area contributed by atoms with Crippen molar-refractivity contribution in [2.24, 2.45) is 11.8 Å². The highest BCUT2D eigenvalue weighted by atomic mass is 16.5. The van der Waals surface area contributed by atoms with Crippen LogP contribution >= 0.6 is 0 Å². The van der Waals surface area contributed by atoms with Gasteiger partial charge in [-0.1, -0.05) is 69.9 Å². The lowest BCUT2D eigenvalue weighted by molar-refractivity contribution is -0.140. The predicted octanol–water partition coefficient (Wildman–Crippen LogP) is 5.71. The maximum atomic E-state index is 12.3. The van der Waals surface area contributed by atoms with Gasteiger partial charge in [-0.05, 0) is 43.6 Å². The second-order valence-corrected chi connectivity index (χ2v) is 8.14. The number of allylic oxidation sites excluding steroid dienone is 4. The summed E-state index contributed by atoms with van der Waals surface area (Å²) < 4.78 is 4.65. The van der Waals surface area contributed by atoms with Crippen LogP contribution in [0.25, 0.3) is 0 Å². The van der Waals surface area contributed by atoms with Gasteiger partial charge in [0.1, 0.15) is 5.78 Å². The van der Waals surface area contributed by atoms with Gasteiger partial charge in [0.05, 0.1) is 13.2 Å². The van der Waals surface area contributed by atoms with E-state index in [1.54, 1.807) is 0 Å². The number of methoxy groups -OCH3 is 1. The monoisotopic (exact) mass is 404 g/mol. The third-order valence-corrected chi connectivity index (χ3v) is 5.82. The van der Waals surface area contributed by atoms with Crippen LogP contribution in [0.2, 0.25) is 0 Å². The lowest BCUT2D eigenvalue weighted by Gasteiger charge is -2.14. The SMILES string of the molecule is C=C/C(=C\C=C\[C@H]1CCC(=O)[C@@H]1CCCCCCC(=O)OC)CC(O)CCCC. The molecule has 0 heterocycles. The second kappa shape index (κ2) is 15.2. The fourth-order valence-corrected chi connectivity index (χ4v) is 3.98. The number of ketones is 1. The lowest BCUT2D eigenvalue weighted by atomic mass is 9.89. The Balaban J connectivity index is 2.43. The van der Waals surface area contributed by atoms with Crippen LogP contribution in [0.3, 0.4) is 0 Å². The number of aliphatic hydroxyl groups is 1. The van der Waals surface area contributed by atoms with Crippen LogP contribution in [0.4, 0.5) is 0 Å². The first-order chi connectivity index (χ1) is 14.0. The first-order valence-electron chi connectivity index (χ1n) is 11.3. The number of rotatable bonds is 15. The van der Waals surface area contributed by atoms with E-state index in [0.29, 0.717) is 31.0 Å². The Morgan fingerprint density at radius 1 is 1.28 bits per heavy atom. The minimum absolute atomic E-state index is 0.127. The fraction of sp³-hybridized carbons (Fsp3) is 0.680. The minimum Gasteiger partial charge on any atom is -0.469 e. The van der Waals surface area contributed by atoms with Gasteiger partial charge in [-0.15, -0.1) is 0 Å². The molecule has 1 saturated carbocycles. The van der Waals surface area contributed by atoms with Crippen LogP contribution in [0.15, 0.2) is 36.5 Å². The average Bonchev–Trinajstić information content (AvgIpc) is 3.07. The van der Waals surface area contributed by atoms with Gasteiger partial charge in [0.15, 0.2) is 0 Å². The van der Waals surface area contributed by atoms with E-state index in [4.69, 9.17) is 0 Å². The number of unbranched alkanes of at least 4 members (excludes halogenated alkanes) is 4. The molecule has 164 valence electrons. The van der Waals surface area contributed by atoms with E-state index >= 15 is 0 Å². The van der Waals surface area contributed by atoms with Crippen LogP contribution in [0.1, 0.15) is 84.0 Å². The molecule has 1 aliphatic rings. The molecule has 29 heavy (non-hydrogen) atoms. The van der Waals surface area contributed by atoms with Gasteiger partial charge in [0, 0.05) is 18.8 Å². The zero-order valence-electron chi connectivity index (χ0n) is 18.4. The molecule has 0 aromatic rings. The van der Waals surface area contributed by atoms with Gasteiger partial charge in [0.25, 0.3) is 0 Å². The number of ether oxygens (including phenoxy) is 1. The highest BCUT2D eigenvalue weighted by molar-refractivity contribution is 5.83. The number of carbonyl (C=O) groups excluding carboxylic acids is 2. The van der Waals surface area contributed by atoms with Crippen molar-refractivity contribution in [3.63, 3.8) is 0 Å². The molecule has 1 N–H and O–H groups in total. The summed E-state index contributed by atoms with van der Waals surface area (Å²) in [6.45, 7) is 5.98. The van der Waals surface area contributed by atoms with Crippen molar-refractivity contribution in [3.05, 3.63) is 36.5 Å². The number of hydrogen-bond donors (Lipinski definition) is 1. The van der Waals surface area contributed by atoms with Crippen molar-refractivity contribution in [1.82, 2.24) is 0 Å². The predicted molar refractivity (Wildman–Crippen MR) is 119 cm³/mol. The van der Waals surface area contributed by atoms with Crippen LogP contribution < -0.4 is 0 Å². The molecule has 1 unspecified atom stereocenters. The van der Waals surface area contributed by atoms with Crippen molar-refractivity contribution in [3.8, 4) is 0 Å². The quantitative estimate of drug-likeness (QED) is 0.216. The van der Waals surface area contributed by atoms with Gasteiger partial charge >= 0.3 is 5.97 Å². The summed E-state index contributed by atoms with van der Waals surface area (Å²) in [7, 11) is 1.42. The molecule has 3 atom stereocenters. The van der Waals surface area contributed by atoms with E-state index in [1.807, 2.05) is 18.2 Å². The number of esters is 1. The number of aliphatic hydroxyl groups excluding tert-OH is 1. The lowest BCUT2D eigenvalue weighted by Crippen LogP contribution is -2.13. The van der Waals surface area contributed by atoms with Gasteiger partial charge in [-0.2, -0.15) is 0 Å². The molecule has 4 nitrogen and oxygen atoms in total. The summed E-state index contributed by atoms with van der Waals surface area (Å²) in [5.41, 5.74) is 1.04. The average molecular weight is 405 g/mol. The van der Waals surface area contributed by atoms with Gasteiger partial charge in [-0.25, -0.2) is 0 Å². The Kier molecular flexibility index (Phi) is 13.3. The third kappa shape index (κ3) is 10.6. The standard InChI is InChI=1S/C25H40O4/c1-4-6-14-22(26)19-20(5-2)12-11-13-21-17-18-24(27)23(21)15-9-7-8-10-16-25(28)29-3/h5,11-13,21-23,26H,2,4,6-10,14-19H2,1,3H3/b13-11+,20-12+/t21-,22?,23+/m0/s1. The second-order valence-electron chi connectivity index (χ2n) is 8.14. The van der Waals surface area contributed by atoms with Gasteiger partial charge < -0.3 is 9.84 Å². The molecule has 0 saturated heterocycles. The summed E-state index contributed by atoms with van der Waals surface area (Å²) >= 11 is 0. The Hall–Kier alpha value is -1.68. The van der Waals surface area contributed by atoms with Crippen LogP contribution in [0.5, 0.6) is 0 Å². The smallest absolute Gasteiger partial charge is 0.305 e. The zero-order chi connectivity index (χ0) is 21.5. The molecule has 1 fully saturated rings. The number of hydrogen-bond acceptors (Lipinski definition) is 4. The molecular formula is C25H40O4. The maximum Gasteiger partial charge on any atom is 0.305 e. The first kappa shape index (κ1) is 25.4. The van der Waals surface area contributed by atoms with Crippen molar-refractivity contribution in [2.75, 3.05) is 7.11 Å². The van der Waals surface area contributed by atoms with Crippen molar-refractivity contribution >= 4 is 11.8 Å². The molecule has 0 aromatic carbocycles. The van der Waals surface area contributed by atoms with Crippen molar-refractivity contribution < 1.29 is 19.4 Å². The van der Waals surface area contributed by atoms with Crippen LogP contribution in [0, 0.1) is 11.8 Å². The van der Waals surface area contributed by atoms with Crippen molar-refractivity contribution in [1.29, 1.82) is 0 Å². The fourth-order valence-electron chi connectivity index (χ4n) is 3.98. The largest absolute Gasteiger partial charge is 0.469 e. The maximum absolute atomic E-state index is 12.3. The molecule has 1 aliphatic carbocycles. The van der Waals surface area contributed by atoms with E-state index in [9.17, 15) is 14.7 Å². The Bertz CT molecular complexity index is 561. The molecule has 0 aliphatic heterocycles. The Labute approximate surface area is 177 Å². The van der Waals surface area contributed by atoms with E-state index in [1.165, 1.54) is 7.11 Å². The van der Waals surface area contributed by atoms with Crippen LogP contribution in [-0.2, 0) is 14.3 Å². The summed E-state index contributed by atoms with van der Waals surface area (Å²) in [6, 6.07) is 0. The summed E-state index contributed by atoms with van der Waals surface area (Å²) in [5.74, 6) is 0.676. The first-order valence-corrected chi connectivity index (χ1v) is 11.3. The Morgan fingerprint density at radius 3 is 2.72 bits per heavy atom. The highest BCUT2D eigenvalue weighted by Gasteiger charge is 2.32. The zero-order valence-corrected chi connectivity index (χ0v) is 18.4. The summed E-state index contributed by atoms with van der Waals surface area (Å²) in [5, 5.41) is 10.1. The third-order valence-electron chi connectivity index (χ3n) is 5.82. The minimum atomic E-state index is -0.312. The summed E-state index contributed by atoms with van der Waals surface area (Å²) in [4.78, 5) is 23.4. The van der Waals surface area contributed by atoms with Gasteiger partial charge in [-0.3, -0.25) is 9.59 Å². The number of Topliss-reactive ketones (excluding diaryl/α,β-unsaturated/α-hetero) is 1. The molecule has 1 rings (SSSR count). The van der Waals surface area contributed by atoms with E-state index in [0.717, 1.165) is 63.4 Å². The molecule has 4 heteroatoms. The molecule has 0 radical (unpaired) electrons. The molecule has 0 amide bonds. The highest BCUT2D eigenvalue weighted by Crippen LogP contribution is 2.34. The molecule has 0 bridgehead atoms. The number of carbonyl (C=O) groups is 2. The molecular weight excluding hydrogens is 364 g/mol. The van der Waals surface area contributed by atoms with E-state index in [2.05, 4.69) is 24.3 Å². The Morgan fingerprint density at radius 2 is 2.03 bits per heavy atom. The van der Waals surface area contributed by atoms with E-state index in [-0.39, 0.29) is 18.0 Å². The molecule has 0 aromatic heterocycles. The van der Waals surface area contributed by atoms with Gasteiger partial charge in [0.2, 0.25) is 0 Å².